The van der Waals surface area contributed by atoms with Gasteiger partial charge in [0.15, 0.2) is 5.78 Å². The quantitative estimate of drug-likeness (QED) is 0.735. The topological polar surface area (TPSA) is 29.1 Å². The molecule has 0 amide bonds. The van der Waals surface area contributed by atoms with E-state index in [9.17, 15) is 4.79 Å². The first-order valence-corrected chi connectivity index (χ1v) is 5.22. The fourth-order valence-corrected chi connectivity index (χ4v) is 1.93. The van der Waals surface area contributed by atoms with Crippen molar-refractivity contribution >= 4 is 11.5 Å². The van der Waals surface area contributed by atoms with E-state index in [0.717, 1.165) is 30.6 Å². The molecule has 2 rings (SSSR count). The van der Waals surface area contributed by atoms with Gasteiger partial charge in [-0.05, 0) is 24.5 Å². The molecule has 0 spiro atoms. The van der Waals surface area contributed by atoms with E-state index in [0.29, 0.717) is 6.42 Å². The Hall–Kier alpha value is -1.31. The molecular formula is C12H15NO. The Morgan fingerprint density at radius 2 is 2.29 bits per heavy atom. The van der Waals surface area contributed by atoms with E-state index in [-0.39, 0.29) is 5.78 Å². The predicted molar refractivity (Wildman–Crippen MR) is 57.9 cm³/mol. The van der Waals surface area contributed by atoms with Crippen LogP contribution in [0.1, 0.15) is 35.7 Å². The summed E-state index contributed by atoms with van der Waals surface area (Å²) >= 11 is 0. The molecule has 2 heteroatoms. The van der Waals surface area contributed by atoms with Gasteiger partial charge in [0.05, 0.1) is 0 Å². The van der Waals surface area contributed by atoms with Crippen LogP contribution in [0, 0.1) is 0 Å². The summed E-state index contributed by atoms with van der Waals surface area (Å²) in [6.45, 7) is 3.03. The summed E-state index contributed by atoms with van der Waals surface area (Å²) in [4.78, 5) is 11.7. The second-order valence-corrected chi connectivity index (χ2v) is 3.65. The van der Waals surface area contributed by atoms with Crippen molar-refractivity contribution in [3.8, 4) is 0 Å². The number of aryl methyl sites for hydroxylation is 1. The Morgan fingerprint density at radius 1 is 1.43 bits per heavy atom. The molecule has 0 saturated carbocycles. The van der Waals surface area contributed by atoms with Gasteiger partial charge in [-0.3, -0.25) is 4.79 Å². The number of rotatable bonds is 1. The lowest BCUT2D eigenvalue weighted by Gasteiger charge is -2.11. The highest BCUT2D eigenvalue weighted by Crippen LogP contribution is 2.25. The first-order chi connectivity index (χ1) is 6.83. The summed E-state index contributed by atoms with van der Waals surface area (Å²) in [6, 6.07) is 5.99. The molecule has 1 heterocycles. The molecule has 74 valence electrons. The number of Topliss-reactive ketones (excluding diaryl/α,β-unsaturated/α-hetero) is 1. The van der Waals surface area contributed by atoms with Crippen LogP contribution in [0.3, 0.4) is 0 Å². The maximum atomic E-state index is 11.7. The largest absolute Gasteiger partial charge is 0.384 e. The number of carbonyl (C=O) groups excluding carboxylic acids is 1. The molecule has 0 aliphatic carbocycles. The van der Waals surface area contributed by atoms with Crippen molar-refractivity contribution in [2.24, 2.45) is 0 Å². The minimum absolute atomic E-state index is 0.278. The number of benzene rings is 1. The number of ketones is 1. The number of nitrogens with one attached hydrogen (secondary N) is 1. The fourth-order valence-electron chi connectivity index (χ4n) is 1.93. The van der Waals surface area contributed by atoms with E-state index in [2.05, 4.69) is 18.3 Å². The molecule has 1 N–H and O–H groups in total. The molecule has 0 radical (unpaired) electrons. The van der Waals surface area contributed by atoms with Crippen LogP contribution >= 0.6 is 0 Å². The van der Waals surface area contributed by atoms with E-state index in [1.54, 1.807) is 0 Å². The maximum Gasteiger partial charge on any atom is 0.165 e. The molecule has 0 bridgehead atoms. The van der Waals surface area contributed by atoms with Crippen LogP contribution in [-0.4, -0.2) is 12.3 Å². The van der Waals surface area contributed by atoms with Gasteiger partial charge in [-0.25, -0.2) is 0 Å². The monoisotopic (exact) mass is 189 g/mol. The normalized spacial score (nSPS) is 15.6. The Kier molecular flexibility index (Phi) is 2.53. The van der Waals surface area contributed by atoms with Gasteiger partial charge in [-0.15, -0.1) is 0 Å². The summed E-state index contributed by atoms with van der Waals surface area (Å²) in [5.41, 5.74) is 3.19. The molecule has 1 aromatic rings. The van der Waals surface area contributed by atoms with E-state index in [4.69, 9.17) is 0 Å². The summed E-state index contributed by atoms with van der Waals surface area (Å²) < 4.78 is 0. The van der Waals surface area contributed by atoms with Crippen LogP contribution in [0.25, 0.3) is 0 Å². The SMILES string of the molecule is CCc1cccc2c1NCCCC2=O. The van der Waals surface area contributed by atoms with Crippen LogP contribution in [0.15, 0.2) is 18.2 Å². The van der Waals surface area contributed by atoms with Crippen molar-refractivity contribution in [2.75, 3.05) is 11.9 Å². The molecule has 1 aromatic carbocycles. The molecule has 1 aliphatic rings. The van der Waals surface area contributed by atoms with Gasteiger partial charge in [0.25, 0.3) is 0 Å². The van der Waals surface area contributed by atoms with E-state index in [1.165, 1.54) is 5.56 Å². The van der Waals surface area contributed by atoms with Gasteiger partial charge in [0, 0.05) is 24.2 Å². The number of hydrogen-bond acceptors (Lipinski definition) is 2. The molecule has 0 saturated heterocycles. The molecule has 2 nitrogen and oxygen atoms in total. The van der Waals surface area contributed by atoms with Crippen LogP contribution in [0.4, 0.5) is 5.69 Å². The van der Waals surface area contributed by atoms with Crippen molar-refractivity contribution < 1.29 is 4.79 Å². The summed E-state index contributed by atoms with van der Waals surface area (Å²) in [7, 11) is 0. The zero-order valence-corrected chi connectivity index (χ0v) is 8.47. The average molecular weight is 189 g/mol. The van der Waals surface area contributed by atoms with Gasteiger partial charge >= 0.3 is 0 Å². The van der Waals surface area contributed by atoms with Gasteiger partial charge in [0.2, 0.25) is 0 Å². The Bertz CT molecular complexity index is 357. The lowest BCUT2D eigenvalue weighted by molar-refractivity contribution is 0.0984. The van der Waals surface area contributed by atoms with E-state index >= 15 is 0 Å². The molecule has 1 aliphatic heterocycles. The molecule has 0 atom stereocenters. The molecule has 14 heavy (non-hydrogen) atoms. The van der Waals surface area contributed by atoms with Crippen LogP contribution in [-0.2, 0) is 6.42 Å². The molecular weight excluding hydrogens is 174 g/mol. The maximum absolute atomic E-state index is 11.7. The number of carbonyl (C=O) groups is 1. The predicted octanol–water partition coefficient (Wildman–Crippen LogP) is 2.64. The molecule has 0 unspecified atom stereocenters. The molecule has 0 aromatic heterocycles. The summed E-state index contributed by atoms with van der Waals surface area (Å²) in [6.07, 6.45) is 2.59. The highest BCUT2D eigenvalue weighted by atomic mass is 16.1. The highest BCUT2D eigenvalue weighted by Gasteiger charge is 2.16. The minimum atomic E-state index is 0.278. The van der Waals surface area contributed by atoms with Crippen molar-refractivity contribution in [3.05, 3.63) is 29.3 Å². The Labute approximate surface area is 84.3 Å². The average Bonchev–Trinajstić information content (AvgIpc) is 2.41. The van der Waals surface area contributed by atoms with Crippen LogP contribution < -0.4 is 5.32 Å². The van der Waals surface area contributed by atoms with Gasteiger partial charge in [0.1, 0.15) is 0 Å². The zero-order valence-electron chi connectivity index (χ0n) is 8.47. The second-order valence-electron chi connectivity index (χ2n) is 3.65. The van der Waals surface area contributed by atoms with E-state index in [1.807, 2.05) is 12.1 Å². The Balaban J connectivity index is 2.51. The fraction of sp³-hybridized carbons (Fsp3) is 0.417. The van der Waals surface area contributed by atoms with Crippen LogP contribution in [0.2, 0.25) is 0 Å². The Morgan fingerprint density at radius 3 is 3.07 bits per heavy atom. The van der Waals surface area contributed by atoms with Crippen molar-refractivity contribution in [3.63, 3.8) is 0 Å². The summed E-state index contributed by atoms with van der Waals surface area (Å²) in [5.74, 6) is 0.278. The smallest absolute Gasteiger partial charge is 0.165 e. The first-order valence-electron chi connectivity index (χ1n) is 5.22. The number of anilines is 1. The van der Waals surface area contributed by atoms with Gasteiger partial charge in [-0.1, -0.05) is 19.1 Å². The minimum Gasteiger partial charge on any atom is -0.384 e. The summed E-state index contributed by atoms with van der Waals surface area (Å²) in [5, 5.41) is 3.35. The highest BCUT2D eigenvalue weighted by molar-refractivity contribution is 6.02. The van der Waals surface area contributed by atoms with Gasteiger partial charge < -0.3 is 5.32 Å². The lowest BCUT2D eigenvalue weighted by atomic mass is 10.0. The zero-order chi connectivity index (χ0) is 9.97. The van der Waals surface area contributed by atoms with Crippen molar-refractivity contribution in [2.45, 2.75) is 26.2 Å². The standard InChI is InChI=1S/C12H15NO/c1-2-9-5-3-6-10-11(14)7-4-8-13-12(9)10/h3,5-6,13H,2,4,7-8H2,1H3. The first kappa shape index (κ1) is 9.25. The van der Waals surface area contributed by atoms with Crippen LogP contribution in [0.5, 0.6) is 0 Å². The number of fused-ring (bicyclic) bond motifs is 1. The lowest BCUT2D eigenvalue weighted by Crippen LogP contribution is -2.03. The second kappa shape index (κ2) is 3.82. The molecule has 0 fully saturated rings. The van der Waals surface area contributed by atoms with E-state index < -0.39 is 0 Å². The third kappa shape index (κ3) is 1.52. The number of hydrogen-bond donors (Lipinski definition) is 1. The van der Waals surface area contributed by atoms with Crippen molar-refractivity contribution in [1.29, 1.82) is 0 Å². The number of para-hydroxylation sites is 1. The third-order valence-corrected chi connectivity index (χ3v) is 2.71. The van der Waals surface area contributed by atoms with Crippen molar-refractivity contribution in [1.82, 2.24) is 0 Å². The third-order valence-electron chi connectivity index (χ3n) is 2.71. The van der Waals surface area contributed by atoms with Gasteiger partial charge in [-0.2, -0.15) is 0 Å².